The molecule has 2 aliphatic heterocycles. The summed E-state index contributed by atoms with van der Waals surface area (Å²) in [5, 5.41) is 40.5. The van der Waals surface area contributed by atoms with Crippen molar-refractivity contribution in [3.8, 4) is 0 Å². The van der Waals surface area contributed by atoms with E-state index in [0.29, 0.717) is 29.1 Å². The Morgan fingerprint density at radius 3 is 1.97 bits per heavy atom. The summed E-state index contributed by atoms with van der Waals surface area (Å²) < 4.78 is 95.2. The van der Waals surface area contributed by atoms with Crippen LogP contribution in [0.15, 0.2) is 48.4 Å². The van der Waals surface area contributed by atoms with Gasteiger partial charge < -0.3 is 36.2 Å². The minimum atomic E-state index is -5.08. The number of hydrogen-bond acceptors (Lipinski definition) is 13. The molecule has 27 heteroatoms. The number of nitrogens with one attached hydrogen (secondary N) is 3. The normalized spacial score (nSPS) is 13.9. The lowest BCUT2D eigenvalue weighted by Gasteiger charge is -2.31. The molecule has 1 saturated heterocycles. The molecule has 1 amide bonds. The Balaban J connectivity index is 0.000000365. The summed E-state index contributed by atoms with van der Waals surface area (Å²) in [6.07, 6.45) is -6.19. The number of fused-ring (bicyclic) bond motifs is 6. The van der Waals surface area contributed by atoms with E-state index >= 15 is 0 Å². The van der Waals surface area contributed by atoms with E-state index in [2.05, 4.69) is 46.0 Å². The summed E-state index contributed by atoms with van der Waals surface area (Å²) >= 11 is 7.92. The quantitative estimate of drug-likeness (QED) is 0.112. The lowest BCUT2D eigenvalue weighted by Crippen LogP contribution is -2.34. The molecule has 4 aromatic rings. The molecule has 3 aromatic heterocycles. The van der Waals surface area contributed by atoms with Gasteiger partial charge in [-0.25, -0.2) is 19.4 Å². The minimum Gasteiger partial charge on any atom is -0.475 e. The second kappa shape index (κ2) is 20.6. The SMILES string of the molecule is O=C(CC1CCN(c2nncs2)CC1)Nc1ccc2cc1CCc1cncc(c1)Nc1ncc(Cl)c(n1)N2.O=C(O)C(F)(F)F.O=C(O)C(F)(F)F.O=C(O)C(F)(F)F. The van der Waals surface area contributed by atoms with Gasteiger partial charge in [-0.15, -0.1) is 10.2 Å². The number of hydrogen-bond donors (Lipinski definition) is 6. The highest BCUT2D eigenvalue weighted by atomic mass is 35.5. The summed E-state index contributed by atoms with van der Waals surface area (Å²) in [6.45, 7) is 1.79. The number of aryl methyl sites for hydroxylation is 2. The Labute approximate surface area is 334 Å². The maximum absolute atomic E-state index is 13.1. The van der Waals surface area contributed by atoms with Crippen LogP contribution in [0.5, 0.6) is 0 Å². The highest BCUT2D eigenvalue weighted by Gasteiger charge is 2.39. The molecule has 0 atom stereocenters. The van der Waals surface area contributed by atoms with Gasteiger partial charge in [0, 0.05) is 37.1 Å². The number of alkyl halides is 9. The lowest BCUT2D eigenvalue weighted by molar-refractivity contribution is -0.193. The smallest absolute Gasteiger partial charge is 0.475 e. The van der Waals surface area contributed by atoms with Crippen molar-refractivity contribution in [2.24, 2.45) is 5.92 Å². The Morgan fingerprint density at radius 1 is 0.831 bits per heavy atom. The zero-order chi connectivity index (χ0) is 44.1. The second-order valence-corrected chi connectivity index (χ2v) is 13.1. The minimum absolute atomic E-state index is 0.0376. The third-order valence-electron chi connectivity index (χ3n) is 7.56. The highest BCUT2D eigenvalue weighted by Crippen LogP contribution is 2.31. The molecule has 6 rings (SSSR count). The summed E-state index contributed by atoms with van der Waals surface area (Å²) in [4.78, 5) is 55.2. The fraction of sp³-hybridized carbons (Fsp3) is 0.344. The van der Waals surface area contributed by atoms with Crippen molar-refractivity contribution in [2.75, 3.05) is 33.9 Å². The van der Waals surface area contributed by atoms with Gasteiger partial charge in [0.05, 0.1) is 18.1 Å². The first kappa shape index (κ1) is 47.3. The number of carbonyl (C=O) groups is 4. The van der Waals surface area contributed by atoms with E-state index in [9.17, 15) is 44.3 Å². The van der Waals surface area contributed by atoms with E-state index in [1.54, 1.807) is 29.2 Å². The van der Waals surface area contributed by atoms with Crippen molar-refractivity contribution in [2.45, 2.75) is 50.6 Å². The number of pyridine rings is 1. The van der Waals surface area contributed by atoms with Crippen molar-refractivity contribution >= 4 is 80.7 Å². The fourth-order valence-electron chi connectivity index (χ4n) is 4.85. The van der Waals surface area contributed by atoms with E-state index < -0.39 is 36.4 Å². The van der Waals surface area contributed by atoms with Crippen molar-refractivity contribution < 1.29 is 74.0 Å². The van der Waals surface area contributed by atoms with Gasteiger partial charge in [0.15, 0.2) is 5.82 Å². The van der Waals surface area contributed by atoms with Crippen molar-refractivity contribution in [3.05, 3.63) is 64.5 Å². The van der Waals surface area contributed by atoms with Crippen LogP contribution in [0.25, 0.3) is 0 Å². The van der Waals surface area contributed by atoms with Crippen LogP contribution in [-0.2, 0) is 32.0 Å². The molecule has 0 unspecified atom stereocenters. The highest BCUT2D eigenvalue weighted by molar-refractivity contribution is 7.13. The van der Waals surface area contributed by atoms with Crippen LogP contribution in [0.4, 0.5) is 73.5 Å². The van der Waals surface area contributed by atoms with Crippen LogP contribution in [0.3, 0.4) is 0 Å². The number of amides is 1. The molecule has 320 valence electrons. The molecule has 5 heterocycles. The number of aliphatic carboxylic acids is 3. The van der Waals surface area contributed by atoms with E-state index in [-0.39, 0.29) is 5.91 Å². The summed E-state index contributed by atoms with van der Waals surface area (Å²) in [6, 6.07) is 7.94. The van der Waals surface area contributed by atoms with Crippen LogP contribution in [0.1, 0.15) is 30.4 Å². The predicted octanol–water partition coefficient (Wildman–Crippen LogP) is 7.11. The third-order valence-corrected chi connectivity index (χ3v) is 8.58. The first-order valence-electron chi connectivity index (χ1n) is 16.3. The third kappa shape index (κ3) is 16.0. The molecule has 1 fully saturated rings. The van der Waals surface area contributed by atoms with Crippen molar-refractivity contribution in [1.82, 2.24) is 25.1 Å². The molecule has 0 saturated carbocycles. The first-order valence-corrected chi connectivity index (χ1v) is 17.5. The molecule has 1 aromatic carbocycles. The van der Waals surface area contributed by atoms with E-state index in [1.165, 1.54) is 0 Å². The van der Waals surface area contributed by atoms with E-state index in [4.69, 9.17) is 41.3 Å². The first-order chi connectivity index (χ1) is 27.4. The van der Waals surface area contributed by atoms with E-state index in [0.717, 1.165) is 72.1 Å². The maximum Gasteiger partial charge on any atom is 0.490 e. The Hall–Kier alpha value is -6.05. The average molecular weight is 890 g/mol. The molecule has 2 aliphatic rings. The summed E-state index contributed by atoms with van der Waals surface area (Å²) in [7, 11) is 0. The maximum atomic E-state index is 13.1. The topological polar surface area (TPSA) is 233 Å². The molecule has 16 nitrogen and oxygen atoms in total. The van der Waals surface area contributed by atoms with Gasteiger partial charge in [0.2, 0.25) is 17.0 Å². The van der Waals surface area contributed by atoms with Gasteiger partial charge in [0.1, 0.15) is 10.5 Å². The van der Waals surface area contributed by atoms with Gasteiger partial charge in [0.25, 0.3) is 0 Å². The summed E-state index contributed by atoms with van der Waals surface area (Å²) in [5.41, 5.74) is 6.30. The number of nitrogens with zero attached hydrogens (tertiary/aromatic N) is 6. The molecular formula is C32H29ClF9N9O7S. The molecule has 0 aliphatic carbocycles. The van der Waals surface area contributed by atoms with Crippen LogP contribution < -0.4 is 20.9 Å². The molecule has 0 radical (unpaired) electrons. The Bertz CT molecular complexity index is 2010. The van der Waals surface area contributed by atoms with Crippen LogP contribution >= 0.6 is 22.9 Å². The number of rotatable bonds is 4. The number of carboxylic acids is 3. The van der Waals surface area contributed by atoms with Gasteiger partial charge in [-0.2, -0.15) is 44.5 Å². The molecule has 59 heavy (non-hydrogen) atoms. The van der Waals surface area contributed by atoms with E-state index in [1.807, 2.05) is 30.5 Å². The number of benzene rings is 1. The lowest BCUT2D eigenvalue weighted by atomic mass is 9.93. The largest absolute Gasteiger partial charge is 0.490 e. The van der Waals surface area contributed by atoms with Crippen LogP contribution in [0.2, 0.25) is 5.02 Å². The predicted molar refractivity (Wildman–Crippen MR) is 191 cm³/mol. The number of halogens is 10. The van der Waals surface area contributed by atoms with Crippen LogP contribution in [0, 0.1) is 5.92 Å². The number of anilines is 6. The number of piperidine rings is 1. The molecule has 0 spiro atoms. The molecule has 6 bridgehead atoms. The fourth-order valence-corrected chi connectivity index (χ4v) is 5.60. The molecule has 6 N–H and O–H groups in total. The van der Waals surface area contributed by atoms with Gasteiger partial charge in [-0.05, 0) is 67.0 Å². The van der Waals surface area contributed by atoms with Gasteiger partial charge in [-0.1, -0.05) is 22.9 Å². The number of carboxylic acid groups (broad SMARTS) is 3. The average Bonchev–Trinajstić information content (AvgIpc) is 3.68. The zero-order valence-electron chi connectivity index (χ0n) is 29.5. The number of carbonyl (C=O) groups excluding carboxylic acids is 1. The number of aromatic nitrogens is 5. The van der Waals surface area contributed by atoms with Crippen LogP contribution in [-0.4, -0.2) is 95.9 Å². The second-order valence-electron chi connectivity index (χ2n) is 11.9. The van der Waals surface area contributed by atoms with Crippen molar-refractivity contribution in [1.29, 1.82) is 0 Å². The zero-order valence-corrected chi connectivity index (χ0v) is 31.1. The Morgan fingerprint density at radius 2 is 1.42 bits per heavy atom. The van der Waals surface area contributed by atoms with Gasteiger partial charge in [-0.3, -0.25) is 9.78 Å². The summed E-state index contributed by atoms with van der Waals surface area (Å²) in [5.74, 6) is -6.97. The van der Waals surface area contributed by atoms with Gasteiger partial charge >= 0.3 is 36.4 Å². The Kier molecular flexibility index (Phi) is 16.5. The van der Waals surface area contributed by atoms with Crippen molar-refractivity contribution in [3.63, 3.8) is 0 Å². The monoisotopic (exact) mass is 889 g/mol. The standard InChI is InChI=1S/C26H26ClN9OS.3C2HF3O2/c27-21-14-29-25-32-20-9-17(12-28-13-20)1-2-18-11-19(31-24(21)34-25)3-4-22(18)33-23(37)10-16-5-7-36(8-6-16)26-35-30-15-38-26;3*3-2(4,5)1(6)7/h3-4,9,11-16H,1-2,5-8,10H2,(H,33,37)(H2,29,31,32,34);3*(H,6,7). The molecular weight excluding hydrogens is 861 g/mol.